The number of aromatic nitrogens is 2. The van der Waals surface area contributed by atoms with Crippen LogP contribution in [0.2, 0.25) is 0 Å². The van der Waals surface area contributed by atoms with Gasteiger partial charge in [-0.25, -0.2) is 4.68 Å². The van der Waals surface area contributed by atoms with Crippen LogP contribution in [0.3, 0.4) is 0 Å². The van der Waals surface area contributed by atoms with Gasteiger partial charge in [-0.05, 0) is 24.8 Å². The van der Waals surface area contributed by atoms with E-state index in [0.717, 1.165) is 31.7 Å². The van der Waals surface area contributed by atoms with E-state index in [1.807, 2.05) is 18.9 Å². The van der Waals surface area contributed by atoms with E-state index >= 15 is 0 Å². The van der Waals surface area contributed by atoms with Crippen LogP contribution in [0.1, 0.15) is 11.8 Å². The first-order valence-electron chi connectivity index (χ1n) is 7.22. The summed E-state index contributed by atoms with van der Waals surface area (Å²) < 4.78 is 1.51. The summed E-state index contributed by atoms with van der Waals surface area (Å²) in [6.07, 6.45) is 2.77. The molecular formula is C15H22N4OS. The molecule has 2 rings (SSSR count). The fraction of sp³-hybridized carbons (Fsp3) is 0.467. The molecule has 0 aliphatic rings. The molecule has 0 aliphatic heterocycles. The topological polar surface area (TPSA) is 50.2 Å². The van der Waals surface area contributed by atoms with Crippen molar-refractivity contribution >= 4 is 17.0 Å². The van der Waals surface area contributed by atoms with Crippen molar-refractivity contribution in [2.75, 3.05) is 31.6 Å². The molecule has 2 aromatic heterocycles. The molecule has 0 unspecified atom stereocenters. The molecule has 0 radical (unpaired) electrons. The molecule has 0 aliphatic carbocycles. The average Bonchev–Trinajstić information content (AvgIpc) is 3.00. The highest BCUT2D eigenvalue weighted by Crippen LogP contribution is 2.08. The lowest BCUT2D eigenvalue weighted by Crippen LogP contribution is -2.30. The molecule has 21 heavy (non-hydrogen) atoms. The van der Waals surface area contributed by atoms with Crippen LogP contribution in [0, 0.1) is 0 Å². The predicted molar refractivity (Wildman–Crippen MR) is 88.3 cm³/mol. The maximum absolute atomic E-state index is 12.0. The van der Waals surface area contributed by atoms with Gasteiger partial charge in [0.15, 0.2) is 0 Å². The van der Waals surface area contributed by atoms with Gasteiger partial charge in [0, 0.05) is 37.6 Å². The lowest BCUT2D eigenvalue weighted by molar-refractivity contribution is 0.533. The second kappa shape index (κ2) is 7.95. The van der Waals surface area contributed by atoms with Crippen LogP contribution >= 0.6 is 11.3 Å². The van der Waals surface area contributed by atoms with Gasteiger partial charge < -0.3 is 10.2 Å². The minimum Gasteiger partial charge on any atom is -0.373 e. The van der Waals surface area contributed by atoms with Crippen molar-refractivity contribution < 1.29 is 0 Å². The molecule has 2 heterocycles. The molecule has 0 spiro atoms. The second-order valence-electron chi connectivity index (χ2n) is 4.87. The second-order valence-corrected chi connectivity index (χ2v) is 5.90. The summed E-state index contributed by atoms with van der Waals surface area (Å²) in [4.78, 5) is 15.3. The van der Waals surface area contributed by atoms with Crippen LogP contribution in [0.15, 0.2) is 34.6 Å². The number of hydrogen-bond donors (Lipinski definition) is 1. The molecule has 2 aromatic rings. The summed E-state index contributed by atoms with van der Waals surface area (Å²) in [7, 11) is 1.95. The zero-order valence-electron chi connectivity index (χ0n) is 12.6. The summed E-state index contributed by atoms with van der Waals surface area (Å²) in [6.45, 7) is 5.17. The van der Waals surface area contributed by atoms with Gasteiger partial charge in [-0.1, -0.05) is 6.07 Å². The Morgan fingerprint density at radius 2 is 2.29 bits per heavy atom. The first-order chi connectivity index (χ1) is 10.2. The number of rotatable bonds is 8. The number of hydrogen-bond acceptors (Lipinski definition) is 5. The molecule has 0 saturated heterocycles. The van der Waals surface area contributed by atoms with E-state index in [1.165, 1.54) is 9.56 Å². The molecule has 5 nitrogen and oxygen atoms in total. The van der Waals surface area contributed by atoms with Crippen molar-refractivity contribution in [1.29, 1.82) is 0 Å². The minimum absolute atomic E-state index is 0.0483. The number of anilines is 1. The van der Waals surface area contributed by atoms with Crippen molar-refractivity contribution in [2.45, 2.75) is 19.9 Å². The molecule has 0 saturated carbocycles. The van der Waals surface area contributed by atoms with Crippen LogP contribution in [-0.4, -0.2) is 36.5 Å². The Morgan fingerprint density at radius 3 is 2.95 bits per heavy atom. The van der Waals surface area contributed by atoms with Gasteiger partial charge in [0.1, 0.15) is 0 Å². The van der Waals surface area contributed by atoms with Crippen molar-refractivity contribution in [2.24, 2.45) is 0 Å². The van der Waals surface area contributed by atoms with Crippen LogP contribution in [0.25, 0.3) is 0 Å². The van der Waals surface area contributed by atoms with E-state index in [-0.39, 0.29) is 5.56 Å². The summed E-state index contributed by atoms with van der Waals surface area (Å²) >= 11 is 1.77. The van der Waals surface area contributed by atoms with Crippen LogP contribution < -0.4 is 15.8 Å². The van der Waals surface area contributed by atoms with Crippen molar-refractivity contribution in [1.82, 2.24) is 15.1 Å². The number of thiophene rings is 1. The van der Waals surface area contributed by atoms with Crippen molar-refractivity contribution in [3.63, 3.8) is 0 Å². The Hall–Kier alpha value is -1.66. The first-order valence-corrected chi connectivity index (χ1v) is 8.10. The fourth-order valence-electron chi connectivity index (χ4n) is 1.96. The third-order valence-corrected chi connectivity index (χ3v) is 4.34. The Kier molecular flexibility index (Phi) is 5.95. The molecular weight excluding hydrogens is 284 g/mol. The Bertz CT molecular complexity index is 594. The number of nitrogens with one attached hydrogen (secondary N) is 1. The van der Waals surface area contributed by atoms with Crippen molar-refractivity contribution in [3.8, 4) is 0 Å². The molecule has 1 N–H and O–H groups in total. The molecule has 6 heteroatoms. The van der Waals surface area contributed by atoms with E-state index in [4.69, 9.17) is 0 Å². The Labute approximate surface area is 129 Å². The fourth-order valence-corrected chi connectivity index (χ4v) is 2.67. The molecule has 0 amide bonds. The van der Waals surface area contributed by atoms with Gasteiger partial charge in [-0.2, -0.15) is 5.10 Å². The Morgan fingerprint density at radius 1 is 1.43 bits per heavy atom. The summed E-state index contributed by atoms with van der Waals surface area (Å²) in [5.74, 6) is 0. The molecule has 0 aromatic carbocycles. The lowest BCUT2D eigenvalue weighted by atomic mass is 10.3. The zero-order chi connectivity index (χ0) is 15.1. The maximum Gasteiger partial charge on any atom is 0.268 e. The van der Waals surface area contributed by atoms with Gasteiger partial charge in [0.25, 0.3) is 5.56 Å². The van der Waals surface area contributed by atoms with Gasteiger partial charge in [0.05, 0.1) is 18.4 Å². The molecule has 114 valence electrons. The summed E-state index contributed by atoms with van der Waals surface area (Å²) in [5.41, 5.74) is 0.817. The quantitative estimate of drug-likeness (QED) is 0.753. The van der Waals surface area contributed by atoms with E-state index in [1.54, 1.807) is 23.6 Å². The van der Waals surface area contributed by atoms with Crippen LogP contribution in [-0.2, 0) is 13.0 Å². The zero-order valence-corrected chi connectivity index (χ0v) is 13.4. The smallest absolute Gasteiger partial charge is 0.268 e. The van der Waals surface area contributed by atoms with E-state index in [2.05, 4.69) is 27.9 Å². The highest BCUT2D eigenvalue weighted by molar-refractivity contribution is 7.09. The largest absolute Gasteiger partial charge is 0.373 e. The van der Waals surface area contributed by atoms with E-state index in [9.17, 15) is 4.79 Å². The van der Waals surface area contributed by atoms with Gasteiger partial charge >= 0.3 is 0 Å². The van der Waals surface area contributed by atoms with Gasteiger partial charge in [0.2, 0.25) is 0 Å². The predicted octanol–water partition coefficient (Wildman–Crippen LogP) is 1.59. The third kappa shape index (κ3) is 4.68. The standard InChI is InChI=1S/C15H22N4OS/c1-3-18(2)13-11-15(20)19(17-12-13)9-8-16-7-6-14-5-4-10-21-14/h4-5,10-12,16H,3,6-9H2,1-2H3. The van der Waals surface area contributed by atoms with Crippen molar-refractivity contribution in [3.05, 3.63) is 45.0 Å². The maximum atomic E-state index is 12.0. The number of nitrogens with zero attached hydrogens (tertiary/aromatic N) is 3. The average molecular weight is 306 g/mol. The third-order valence-electron chi connectivity index (χ3n) is 3.40. The molecule has 0 bridgehead atoms. The van der Waals surface area contributed by atoms with Gasteiger partial charge in [-0.3, -0.25) is 4.79 Å². The SMILES string of the molecule is CCN(C)c1cnn(CCNCCc2cccs2)c(=O)c1. The van der Waals surface area contributed by atoms with E-state index < -0.39 is 0 Å². The normalized spacial score (nSPS) is 10.8. The van der Waals surface area contributed by atoms with Crippen LogP contribution in [0.5, 0.6) is 0 Å². The van der Waals surface area contributed by atoms with E-state index in [0.29, 0.717) is 6.54 Å². The molecule has 0 fully saturated rings. The van der Waals surface area contributed by atoms with Crippen LogP contribution in [0.4, 0.5) is 5.69 Å². The summed E-state index contributed by atoms with van der Waals surface area (Å²) in [6, 6.07) is 5.85. The van der Waals surface area contributed by atoms with Gasteiger partial charge in [-0.15, -0.1) is 11.3 Å². The summed E-state index contributed by atoms with van der Waals surface area (Å²) in [5, 5.41) is 9.65. The highest BCUT2D eigenvalue weighted by atomic mass is 32.1. The highest BCUT2D eigenvalue weighted by Gasteiger charge is 2.03. The Balaban J connectivity index is 1.76. The lowest BCUT2D eigenvalue weighted by Gasteiger charge is -2.16. The first kappa shape index (κ1) is 15.7. The molecule has 0 atom stereocenters. The minimum atomic E-state index is -0.0483. The monoisotopic (exact) mass is 306 g/mol.